The molecule has 1 heterocycles. The van der Waals surface area contributed by atoms with Gasteiger partial charge in [-0.3, -0.25) is 0 Å². The molecular weight excluding hydrogens is 276 g/mol. The second-order valence-electron chi connectivity index (χ2n) is 4.68. The van der Waals surface area contributed by atoms with E-state index in [0.717, 1.165) is 5.56 Å². The molecule has 1 aromatic rings. The molecule has 3 N–H and O–H groups in total. The van der Waals surface area contributed by atoms with Gasteiger partial charge >= 0.3 is 12.2 Å². The zero-order valence-corrected chi connectivity index (χ0v) is 11.5. The molecule has 114 valence electrons. The van der Waals surface area contributed by atoms with Crippen LogP contribution < -0.4 is 10.6 Å². The lowest BCUT2D eigenvalue weighted by Crippen LogP contribution is -2.33. The average molecular weight is 294 g/mol. The molecule has 7 heteroatoms. The van der Waals surface area contributed by atoms with Crippen molar-refractivity contribution < 1.29 is 24.2 Å². The fourth-order valence-electron chi connectivity index (χ4n) is 1.95. The van der Waals surface area contributed by atoms with Crippen molar-refractivity contribution in [1.82, 2.24) is 10.6 Å². The Morgan fingerprint density at radius 1 is 1.38 bits per heavy atom. The van der Waals surface area contributed by atoms with Gasteiger partial charge in [-0.2, -0.15) is 0 Å². The van der Waals surface area contributed by atoms with Crippen LogP contribution in [0.4, 0.5) is 9.59 Å². The molecule has 1 fully saturated rings. The van der Waals surface area contributed by atoms with E-state index in [4.69, 9.17) is 4.74 Å². The highest BCUT2D eigenvalue weighted by atomic mass is 16.7. The summed E-state index contributed by atoms with van der Waals surface area (Å²) in [4.78, 5) is 22.3. The molecule has 0 spiro atoms. The summed E-state index contributed by atoms with van der Waals surface area (Å²) in [5, 5.41) is 14.5. The van der Waals surface area contributed by atoms with E-state index in [1.165, 1.54) is 0 Å². The van der Waals surface area contributed by atoms with Crippen molar-refractivity contribution in [2.45, 2.75) is 31.8 Å². The first-order chi connectivity index (χ1) is 10.1. The molecule has 1 aliphatic heterocycles. The minimum absolute atomic E-state index is 0.220. The summed E-state index contributed by atoms with van der Waals surface area (Å²) in [7, 11) is 0. The Bertz CT molecular complexity index is 480. The van der Waals surface area contributed by atoms with Gasteiger partial charge in [-0.1, -0.05) is 30.3 Å². The summed E-state index contributed by atoms with van der Waals surface area (Å²) < 4.78 is 9.58. The summed E-state index contributed by atoms with van der Waals surface area (Å²) in [5.41, 5.74) is 0.918. The van der Waals surface area contributed by atoms with E-state index in [-0.39, 0.29) is 6.61 Å². The molecule has 0 aliphatic carbocycles. The maximum absolute atomic E-state index is 11.5. The minimum atomic E-state index is -1.12. The average Bonchev–Trinajstić information content (AvgIpc) is 2.80. The summed E-state index contributed by atoms with van der Waals surface area (Å²) in [6, 6.07) is 8.96. The minimum Gasteiger partial charge on any atom is -0.445 e. The van der Waals surface area contributed by atoms with E-state index in [9.17, 15) is 14.7 Å². The van der Waals surface area contributed by atoms with Gasteiger partial charge in [0, 0.05) is 6.54 Å². The Kier molecular flexibility index (Phi) is 5.39. The molecule has 2 rings (SSSR count). The zero-order chi connectivity index (χ0) is 15.1. The highest BCUT2D eigenvalue weighted by Gasteiger charge is 2.31. The third-order valence-corrected chi connectivity index (χ3v) is 3.05. The third kappa shape index (κ3) is 4.96. The number of benzene rings is 1. The molecule has 0 bridgehead atoms. The standard InChI is InChI=1S/C14H18N2O5/c17-12-11(16-14(19)21-12)7-4-8-15-13(18)20-9-10-5-2-1-3-6-10/h1-3,5-6,11-12,17H,4,7-9H2,(H,15,18)(H,16,19). The van der Waals surface area contributed by atoms with Crippen LogP contribution in [0.15, 0.2) is 30.3 Å². The first kappa shape index (κ1) is 15.1. The van der Waals surface area contributed by atoms with E-state index < -0.39 is 24.5 Å². The second-order valence-corrected chi connectivity index (χ2v) is 4.68. The number of aliphatic hydroxyl groups excluding tert-OH is 1. The second kappa shape index (κ2) is 7.49. The summed E-state index contributed by atoms with van der Waals surface area (Å²) in [5.74, 6) is 0. The lowest BCUT2D eigenvalue weighted by Gasteiger charge is -2.11. The molecule has 2 amide bonds. The van der Waals surface area contributed by atoms with Crippen LogP contribution in [0.25, 0.3) is 0 Å². The number of hydrogen-bond acceptors (Lipinski definition) is 5. The molecule has 0 saturated carbocycles. The van der Waals surface area contributed by atoms with Crippen molar-refractivity contribution >= 4 is 12.2 Å². The number of carbonyl (C=O) groups is 2. The first-order valence-corrected chi connectivity index (χ1v) is 6.75. The number of aliphatic hydroxyl groups is 1. The number of nitrogens with one attached hydrogen (secondary N) is 2. The number of amides is 2. The van der Waals surface area contributed by atoms with Crippen LogP contribution in [0.3, 0.4) is 0 Å². The first-order valence-electron chi connectivity index (χ1n) is 6.75. The Morgan fingerprint density at radius 2 is 2.14 bits per heavy atom. The van der Waals surface area contributed by atoms with Gasteiger partial charge in [0.1, 0.15) is 6.61 Å². The highest BCUT2D eigenvalue weighted by molar-refractivity contribution is 5.69. The summed E-state index contributed by atoms with van der Waals surface area (Å²) >= 11 is 0. The SMILES string of the molecule is O=C(NCCCC1NC(=O)OC1O)OCc1ccccc1. The van der Waals surface area contributed by atoms with Gasteiger partial charge in [-0.15, -0.1) is 0 Å². The lowest BCUT2D eigenvalue weighted by molar-refractivity contribution is -0.0364. The van der Waals surface area contributed by atoms with Gasteiger partial charge in [0.2, 0.25) is 6.29 Å². The Hall–Kier alpha value is -2.28. The van der Waals surface area contributed by atoms with Gasteiger partial charge in [0.25, 0.3) is 0 Å². The topological polar surface area (TPSA) is 96.9 Å². The molecule has 1 saturated heterocycles. The van der Waals surface area contributed by atoms with Crippen LogP contribution in [0.1, 0.15) is 18.4 Å². The zero-order valence-electron chi connectivity index (χ0n) is 11.5. The van der Waals surface area contributed by atoms with E-state index in [2.05, 4.69) is 15.4 Å². The van der Waals surface area contributed by atoms with Crippen LogP contribution in [0.2, 0.25) is 0 Å². The van der Waals surface area contributed by atoms with E-state index in [1.807, 2.05) is 30.3 Å². The summed E-state index contributed by atoms with van der Waals surface area (Å²) in [6.07, 6.45) is -1.14. The largest absolute Gasteiger partial charge is 0.445 e. The smallest absolute Gasteiger partial charge is 0.409 e. The highest BCUT2D eigenvalue weighted by Crippen LogP contribution is 2.10. The van der Waals surface area contributed by atoms with Crippen molar-refractivity contribution in [3.8, 4) is 0 Å². The molecular formula is C14H18N2O5. The predicted octanol–water partition coefficient (Wildman–Crippen LogP) is 1.12. The van der Waals surface area contributed by atoms with Gasteiger partial charge < -0.3 is 25.2 Å². The predicted molar refractivity (Wildman–Crippen MR) is 73.3 cm³/mol. The fraction of sp³-hybridized carbons (Fsp3) is 0.429. The van der Waals surface area contributed by atoms with Crippen molar-refractivity contribution in [1.29, 1.82) is 0 Å². The van der Waals surface area contributed by atoms with Crippen molar-refractivity contribution in [3.05, 3.63) is 35.9 Å². The lowest BCUT2D eigenvalue weighted by atomic mass is 10.1. The van der Waals surface area contributed by atoms with Crippen molar-refractivity contribution in [2.24, 2.45) is 0 Å². The normalized spacial score (nSPS) is 20.5. The number of alkyl carbamates (subject to hydrolysis) is 2. The number of ether oxygens (including phenoxy) is 2. The van der Waals surface area contributed by atoms with Gasteiger partial charge in [0.15, 0.2) is 0 Å². The molecule has 0 aromatic heterocycles. The number of cyclic esters (lactones) is 1. The molecule has 21 heavy (non-hydrogen) atoms. The Labute approximate surface area is 122 Å². The number of rotatable bonds is 6. The van der Waals surface area contributed by atoms with E-state index >= 15 is 0 Å². The number of carbonyl (C=O) groups excluding carboxylic acids is 2. The maximum Gasteiger partial charge on any atom is 0.409 e. The van der Waals surface area contributed by atoms with Gasteiger partial charge in [-0.05, 0) is 18.4 Å². The molecule has 2 atom stereocenters. The quantitative estimate of drug-likeness (QED) is 0.683. The van der Waals surface area contributed by atoms with E-state index in [0.29, 0.717) is 19.4 Å². The molecule has 7 nitrogen and oxygen atoms in total. The maximum atomic E-state index is 11.5. The van der Waals surface area contributed by atoms with Crippen LogP contribution in [-0.4, -0.2) is 36.2 Å². The summed E-state index contributed by atoms with van der Waals surface area (Å²) in [6.45, 7) is 0.616. The fourth-order valence-corrected chi connectivity index (χ4v) is 1.95. The Balaban J connectivity index is 1.56. The molecule has 1 aromatic carbocycles. The van der Waals surface area contributed by atoms with Crippen LogP contribution >= 0.6 is 0 Å². The van der Waals surface area contributed by atoms with Crippen LogP contribution in [-0.2, 0) is 16.1 Å². The van der Waals surface area contributed by atoms with Gasteiger partial charge in [-0.25, -0.2) is 9.59 Å². The monoisotopic (exact) mass is 294 g/mol. The Morgan fingerprint density at radius 3 is 2.81 bits per heavy atom. The molecule has 1 aliphatic rings. The van der Waals surface area contributed by atoms with Crippen LogP contribution in [0.5, 0.6) is 0 Å². The van der Waals surface area contributed by atoms with Gasteiger partial charge in [0.05, 0.1) is 6.04 Å². The van der Waals surface area contributed by atoms with E-state index in [1.54, 1.807) is 0 Å². The van der Waals surface area contributed by atoms with Crippen molar-refractivity contribution in [2.75, 3.05) is 6.54 Å². The molecule has 0 radical (unpaired) electrons. The molecule has 2 unspecified atom stereocenters. The van der Waals surface area contributed by atoms with Crippen molar-refractivity contribution in [3.63, 3.8) is 0 Å². The number of hydrogen-bond donors (Lipinski definition) is 3. The third-order valence-electron chi connectivity index (χ3n) is 3.05. The van der Waals surface area contributed by atoms with Crippen LogP contribution in [0, 0.1) is 0 Å².